The van der Waals surface area contributed by atoms with Crippen LogP contribution >= 0.6 is 0 Å². The maximum absolute atomic E-state index is 11.0. The van der Waals surface area contributed by atoms with Crippen molar-refractivity contribution in [3.05, 3.63) is 29.8 Å². The maximum atomic E-state index is 11.0. The molecule has 0 saturated heterocycles. The average molecular weight is 305 g/mol. The molecule has 2 N–H and O–H groups in total. The van der Waals surface area contributed by atoms with Gasteiger partial charge in [-0.1, -0.05) is 64.7 Å². The summed E-state index contributed by atoms with van der Waals surface area (Å²) in [6.07, 6.45) is 13.3. The number of ether oxygens (including phenoxy) is 1. The Morgan fingerprint density at radius 2 is 1.36 bits per heavy atom. The van der Waals surface area contributed by atoms with E-state index < -0.39 is 5.91 Å². The quantitative estimate of drug-likeness (QED) is 0.516. The second-order valence-corrected chi connectivity index (χ2v) is 5.92. The van der Waals surface area contributed by atoms with E-state index in [9.17, 15) is 4.79 Å². The highest BCUT2D eigenvalue weighted by Gasteiger charge is 2.00. The van der Waals surface area contributed by atoms with Crippen molar-refractivity contribution in [1.29, 1.82) is 0 Å². The average Bonchev–Trinajstić information content (AvgIpc) is 2.53. The van der Waals surface area contributed by atoms with Gasteiger partial charge in [0.05, 0.1) is 6.61 Å². The highest BCUT2D eigenvalue weighted by atomic mass is 16.5. The first-order valence-corrected chi connectivity index (χ1v) is 8.76. The van der Waals surface area contributed by atoms with E-state index in [0.717, 1.165) is 18.8 Å². The van der Waals surface area contributed by atoms with Crippen molar-refractivity contribution in [3.8, 4) is 5.75 Å². The molecule has 1 aromatic rings. The van der Waals surface area contributed by atoms with Gasteiger partial charge < -0.3 is 10.5 Å². The number of amides is 1. The van der Waals surface area contributed by atoms with Crippen LogP contribution in [0.5, 0.6) is 5.75 Å². The zero-order valence-corrected chi connectivity index (χ0v) is 14.0. The largest absolute Gasteiger partial charge is 0.494 e. The molecule has 1 rings (SSSR count). The second kappa shape index (κ2) is 12.1. The van der Waals surface area contributed by atoms with Gasteiger partial charge in [0, 0.05) is 5.56 Å². The summed E-state index contributed by atoms with van der Waals surface area (Å²) in [4.78, 5) is 11.0. The Labute approximate surface area is 135 Å². The minimum absolute atomic E-state index is 0.402. The van der Waals surface area contributed by atoms with E-state index in [-0.39, 0.29) is 0 Å². The molecule has 22 heavy (non-hydrogen) atoms. The number of nitrogens with two attached hydrogens (primary N) is 1. The molecule has 0 aliphatic rings. The topological polar surface area (TPSA) is 52.3 Å². The lowest BCUT2D eigenvalue weighted by Gasteiger charge is -2.06. The number of primary amides is 1. The van der Waals surface area contributed by atoms with Crippen molar-refractivity contribution in [2.45, 2.75) is 71.1 Å². The number of hydrogen-bond acceptors (Lipinski definition) is 2. The third-order valence-corrected chi connectivity index (χ3v) is 3.91. The smallest absolute Gasteiger partial charge is 0.248 e. The van der Waals surface area contributed by atoms with Crippen molar-refractivity contribution in [3.63, 3.8) is 0 Å². The lowest BCUT2D eigenvalue weighted by molar-refractivity contribution is 0.100. The minimum atomic E-state index is -0.402. The molecular weight excluding hydrogens is 274 g/mol. The molecule has 0 fully saturated rings. The monoisotopic (exact) mass is 305 g/mol. The Balaban J connectivity index is 1.94. The molecule has 0 heterocycles. The van der Waals surface area contributed by atoms with Gasteiger partial charge in [-0.25, -0.2) is 0 Å². The minimum Gasteiger partial charge on any atom is -0.494 e. The second-order valence-electron chi connectivity index (χ2n) is 5.92. The van der Waals surface area contributed by atoms with Crippen LogP contribution in [-0.4, -0.2) is 12.5 Å². The molecule has 0 aliphatic heterocycles. The van der Waals surface area contributed by atoms with Crippen LogP contribution in [0.25, 0.3) is 0 Å². The van der Waals surface area contributed by atoms with Gasteiger partial charge in [0.2, 0.25) is 5.91 Å². The fourth-order valence-electron chi connectivity index (χ4n) is 2.49. The number of hydrogen-bond donors (Lipinski definition) is 1. The SMILES string of the molecule is CCCCCCCCCCCCOc1ccc(C(N)=O)cc1. The van der Waals surface area contributed by atoms with Gasteiger partial charge in [0.25, 0.3) is 0 Å². The molecule has 0 unspecified atom stereocenters. The predicted molar refractivity (Wildman–Crippen MR) is 92.3 cm³/mol. The van der Waals surface area contributed by atoms with E-state index in [4.69, 9.17) is 10.5 Å². The molecule has 3 heteroatoms. The Kier molecular flexibility index (Phi) is 10.2. The Morgan fingerprint density at radius 3 is 1.86 bits per heavy atom. The van der Waals surface area contributed by atoms with E-state index in [0.29, 0.717) is 5.56 Å². The molecule has 0 bridgehead atoms. The molecule has 0 spiro atoms. The third-order valence-electron chi connectivity index (χ3n) is 3.91. The van der Waals surface area contributed by atoms with Crippen molar-refractivity contribution < 1.29 is 9.53 Å². The van der Waals surface area contributed by atoms with Gasteiger partial charge in [0.1, 0.15) is 5.75 Å². The van der Waals surface area contributed by atoms with Crippen LogP contribution < -0.4 is 10.5 Å². The van der Waals surface area contributed by atoms with E-state index in [1.807, 2.05) is 0 Å². The van der Waals surface area contributed by atoms with Crippen molar-refractivity contribution in [2.24, 2.45) is 5.73 Å². The van der Waals surface area contributed by atoms with Crippen molar-refractivity contribution >= 4 is 5.91 Å². The van der Waals surface area contributed by atoms with Crippen LogP contribution in [0.1, 0.15) is 81.5 Å². The third kappa shape index (κ3) is 8.71. The van der Waals surface area contributed by atoms with Gasteiger partial charge in [-0.3, -0.25) is 4.79 Å². The van der Waals surface area contributed by atoms with Gasteiger partial charge in [0.15, 0.2) is 0 Å². The lowest BCUT2D eigenvalue weighted by atomic mass is 10.1. The first-order valence-electron chi connectivity index (χ1n) is 8.76. The molecule has 0 saturated carbocycles. The number of benzene rings is 1. The first kappa shape index (κ1) is 18.5. The lowest BCUT2D eigenvalue weighted by Crippen LogP contribution is -2.10. The highest BCUT2D eigenvalue weighted by Crippen LogP contribution is 2.14. The van der Waals surface area contributed by atoms with Crippen LogP contribution in [0.15, 0.2) is 24.3 Å². The van der Waals surface area contributed by atoms with Crippen LogP contribution in [0.3, 0.4) is 0 Å². The molecule has 0 radical (unpaired) electrons. The first-order chi connectivity index (χ1) is 10.7. The molecule has 1 amide bonds. The Hall–Kier alpha value is -1.51. The van der Waals surface area contributed by atoms with Crippen LogP contribution in [0.2, 0.25) is 0 Å². The summed E-state index contributed by atoms with van der Waals surface area (Å²) in [6, 6.07) is 7.01. The Bertz CT molecular complexity index is 400. The summed E-state index contributed by atoms with van der Waals surface area (Å²) < 4.78 is 5.66. The van der Waals surface area contributed by atoms with Crippen LogP contribution in [0, 0.1) is 0 Å². The van der Waals surface area contributed by atoms with Crippen molar-refractivity contribution in [2.75, 3.05) is 6.61 Å². The number of carbonyl (C=O) groups excluding carboxylic acids is 1. The zero-order valence-electron chi connectivity index (χ0n) is 14.0. The van der Waals surface area contributed by atoms with Gasteiger partial charge in [-0.2, -0.15) is 0 Å². The van der Waals surface area contributed by atoms with Gasteiger partial charge >= 0.3 is 0 Å². The van der Waals surface area contributed by atoms with Gasteiger partial charge in [-0.15, -0.1) is 0 Å². The highest BCUT2D eigenvalue weighted by molar-refractivity contribution is 5.92. The summed E-state index contributed by atoms with van der Waals surface area (Å²) in [5.74, 6) is 0.405. The maximum Gasteiger partial charge on any atom is 0.248 e. The van der Waals surface area contributed by atoms with Crippen LogP contribution in [0.4, 0.5) is 0 Å². The summed E-state index contributed by atoms with van der Waals surface area (Å²) in [5.41, 5.74) is 5.72. The van der Waals surface area contributed by atoms with Crippen molar-refractivity contribution in [1.82, 2.24) is 0 Å². The zero-order chi connectivity index (χ0) is 16.0. The van der Waals surface area contributed by atoms with Gasteiger partial charge in [-0.05, 0) is 30.7 Å². The van der Waals surface area contributed by atoms with E-state index in [1.165, 1.54) is 57.8 Å². The number of carbonyl (C=O) groups is 1. The fraction of sp³-hybridized carbons (Fsp3) is 0.632. The van der Waals surface area contributed by atoms with E-state index in [1.54, 1.807) is 24.3 Å². The molecule has 3 nitrogen and oxygen atoms in total. The summed E-state index contributed by atoms with van der Waals surface area (Å²) in [7, 11) is 0. The molecule has 0 aliphatic carbocycles. The summed E-state index contributed by atoms with van der Waals surface area (Å²) in [6.45, 7) is 3.00. The molecule has 0 atom stereocenters. The summed E-state index contributed by atoms with van der Waals surface area (Å²) >= 11 is 0. The Morgan fingerprint density at radius 1 is 0.864 bits per heavy atom. The molecule has 0 aromatic heterocycles. The van der Waals surface area contributed by atoms with Crippen LogP contribution in [-0.2, 0) is 0 Å². The fourth-order valence-corrected chi connectivity index (χ4v) is 2.49. The van der Waals surface area contributed by atoms with E-state index in [2.05, 4.69) is 6.92 Å². The molecular formula is C19H31NO2. The molecule has 124 valence electrons. The van der Waals surface area contributed by atoms with E-state index >= 15 is 0 Å². The summed E-state index contributed by atoms with van der Waals surface area (Å²) in [5, 5.41) is 0. The standard InChI is InChI=1S/C19H31NO2/c1-2-3-4-5-6-7-8-9-10-11-16-22-18-14-12-17(13-15-18)19(20)21/h12-15H,2-11,16H2,1H3,(H2,20,21). The normalized spacial score (nSPS) is 10.6. The predicted octanol–water partition coefficient (Wildman–Crippen LogP) is 5.09. The number of unbranched alkanes of at least 4 members (excludes halogenated alkanes) is 9. The molecule has 1 aromatic carbocycles. The number of rotatable bonds is 13.